The van der Waals surface area contributed by atoms with E-state index in [9.17, 15) is 9.18 Å². The molecule has 3 heterocycles. The zero-order valence-corrected chi connectivity index (χ0v) is 21.9. The number of halogens is 2. The highest BCUT2D eigenvalue weighted by Gasteiger charge is 2.32. The number of nitrogens with two attached hydrogens (primary N) is 1. The number of piperidine rings is 1. The molecule has 2 fully saturated rings. The second-order valence-electron chi connectivity index (χ2n) is 10.3. The predicted molar refractivity (Wildman–Crippen MR) is 151 cm³/mol. The molecule has 6 nitrogen and oxygen atoms in total. The normalized spacial score (nSPS) is 16.2. The lowest BCUT2D eigenvalue weighted by atomic mass is 9.98. The van der Waals surface area contributed by atoms with E-state index in [1.54, 1.807) is 25.4 Å². The number of benzene rings is 2. The van der Waals surface area contributed by atoms with Crippen LogP contribution in [-0.4, -0.2) is 34.9 Å². The second-order valence-corrected chi connectivity index (χ2v) is 10.7. The van der Waals surface area contributed by atoms with Gasteiger partial charge in [-0.15, -0.1) is 0 Å². The highest BCUT2D eigenvalue weighted by atomic mass is 35.5. The molecule has 0 unspecified atom stereocenters. The summed E-state index contributed by atoms with van der Waals surface area (Å²) in [4.78, 5) is 24.8. The molecule has 38 heavy (non-hydrogen) atoms. The Labute approximate surface area is 226 Å². The molecule has 3 N–H and O–H groups in total. The lowest BCUT2D eigenvalue weighted by Gasteiger charge is -2.31. The molecular weight excluding hydrogens is 501 g/mol. The highest BCUT2D eigenvalue weighted by molar-refractivity contribution is 6.31. The molecule has 0 bridgehead atoms. The number of carbonyl (C=O) groups is 1. The van der Waals surface area contributed by atoms with Gasteiger partial charge in [0.1, 0.15) is 11.6 Å². The first kappa shape index (κ1) is 24.8. The summed E-state index contributed by atoms with van der Waals surface area (Å²) in [5.74, 6) is 0.681. The van der Waals surface area contributed by atoms with E-state index in [1.165, 1.54) is 6.07 Å². The van der Waals surface area contributed by atoms with Gasteiger partial charge < -0.3 is 16.0 Å². The molecule has 1 aliphatic carbocycles. The maximum absolute atomic E-state index is 14.5. The molecular formula is C30H29ClFN5O. The summed E-state index contributed by atoms with van der Waals surface area (Å²) in [5.41, 5.74) is 10.7. The Morgan fingerprint density at radius 3 is 2.50 bits per heavy atom. The Balaban J connectivity index is 1.40. The molecule has 1 saturated heterocycles. The third-order valence-corrected chi connectivity index (χ3v) is 7.97. The van der Waals surface area contributed by atoms with E-state index in [-0.39, 0.29) is 23.6 Å². The Kier molecular flexibility index (Phi) is 6.50. The fraction of sp³-hybridized carbons (Fsp3) is 0.300. The second kappa shape index (κ2) is 9.97. The van der Waals surface area contributed by atoms with E-state index in [1.807, 2.05) is 30.3 Å². The van der Waals surface area contributed by atoms with Gasteiger partial charge in [-0.25, -0.2) is 9.37 Å². The molecule has 1 aliphatic heterocycles. The largest absolute Gasteiger partial charge is 0.357 e. The zero-order valence-electron chi connectivity index (χ0n) is 21.2. The van der Waals surface area contributed by atoms with Gasteiger partial charge in [0, 0.05) is 47.2 Å². The van der Waals surface area contributed by atoms with Gasteiger partial charge in [0.2, 0.25) is 0 Å². The number of hydrogen-bond donors (Lipinski definition) is 2. The Morgan fingerprint density at radius 1 is 1.03 bits per heavy atom. The van der Waals surface area contributed by atoms with Crippen LogP contribution in [0.3, 0.4) is 0 Å². The van der Waals surface area contributed by atoms with E-state index >= 15 is 0 Å². The van der Waals surface area contributed by atoms with Crippen molar-refractivity contribution in [2.24, 2.45) is 11.7 Å². The summed E-state index contributed by atoms with van der Waals surface area (Å²) >= 11 is 6.28. The van der Waals surface area contributed by atoms with Crippen molar-refractivity contribution in [1.29, 1.82) is 0 Å². The number of rotatable bonds is 6. The monoisotopic (exact) mass is 529 g/mol. The van der Waals surface area contributed by atoms with Crippen molar-refractivity contribution in [3.8, 4) is 11.1 Å². The van der Waals surface area contributed by atoms with E-state index < -0.39 is 0 Å². The van der Waals surface area contributed by atoms with Crippen molar-refractivity contribution in [3.63, 3.8) is 0 Å². The van der Waals surface area contributed by atoms with Crippen LogP contribution in [-0.2, 0) is 0 Å². The van der Waals surface area contributed by atoms with Gasteiger partial charge in [0.15, 0.2) is 5.78 Å². The van der Waals surface area contributed by atoms with Crippen LogP contribution in [0.4, 0.5) is 21.6 Å². The number of aromatic nitrogens is 2. The van der Waals surface area contributed by atoms with Crippen LogP contribution in [0.15, 0.2) is 54.9 Å². The molecule has 194 valence electrons. The molecule has 2 aromatic carbocycles. The standard InChI is InChI=1S/C30H29ClFN5O/c1-17-25(31)13-20(14-26(17)32)19-4-6-27-23(12-19)29(24(16-34-27)30(38)18-2-3-18)36-22-5-7-28(35-15-22)37-10-8-21(33)9-11-37/h4-7,12-16,18,21H,2-3,8-11,33H2,1H3,(H,34,36). The third kappa shape index (κ3) is 4.84. The minimum Gasteiger partial charge on any atom is -0.357 e. The van der Waals surface area contributed by atoms with Crippen molar-refractivity contribution in [2.75, 3.05) is 23.3 Å². The van der Waals surface area contributed by atoms with Crippen molar-refractivity contribution < 1.29 is 9.18 Å². The van der Waals surface area contributed by atoms with Crippen LogP contribution in [0, 0.1) is 18.7 Å². The molecule has 0 amide bonds. The molecule has 0 radical (unpaired) electrons. The molecule has 2 aliphatic rings. The molecule has 0 spiro atoms. The first-order chi connectivity index (χ1) is 18.4. The molecule has 4 aromatic rings. The number of nitrogens with one attached hydrogen (secondary N) is 1. The number of nitrogens with zero attached hydrogens (tertiary/aromatic N) is 3. The maximum atomic E-state index is 14.5. The van der Waals surface area contributed by atoms with Crippen molar-refractivity contribution in [2.45, 2.75) is 38.6 Å². The average molecular weight is 530 g/mol. The summed E-state index contributed by atoms with van der Waals surface area (Å²) in [6, 6.07) is 13.2. The number of fused-ring (bicyclic) bond motifs is 1. The van der Waals surface area contributed by atoms with Crippen molar-refractivity contribution >= 4 is 45.5 Å². The number of pyridine rings is 2. The van der Waals surface area contributed by atoms with E-state index in [0.717, 1.165) is 66.7 Å². The first-order valence-corrected chi connectivity index (χ1v) is 13.4. The molecule has 6 rings (SSSR count). The maximum Gasteiger partial charge on any atom is 0.169 e. The number of carbonyl (C=O) groups excluding carboxylic acids is 1. The summed E-state index contributed by atoms with van der Waals surface area (Å²) in [6.07, 6.45) is 7.15. The lowest BCUT2D eigenvalue weighted by Crippen LogP contribution is -2.40. The molecule has 1 saturated carbocycles. The van der Waals surface area contributed by atoms with Crippen LogP contribution >= 0.6 is 11.6 Å². The van der Waals surface area contributed by atoms with Gasteiger partial charge in [0.05, 0.1) is 28.7 Å². The SMILES string of the molecule is Cc1c(F)cc(-c2ccc3ncc(C(=O)C4CC4)c(Nc4ccc(N5CCC(N)CC5)nc4)c3c2)cc1Cl. The van der Waals surface area contributed by atoms with E-state index in [0.29, 0.717) is 27.4 Å². The summed E-state index contributed by atoms with van der Waals surface area (Å²) in [5, 5.41) is 4.61. The fourth-order valence-electron chi connectivity index (χ4n) is 4.99. The first-order valence-electron chi connectivity index (χ1n) is 13.0. The topological polar surface area (TPSA) is 84.1 Å². The molecule has 8 heteroatoms. The summed E-state index contributed by atoms with van der Waals surface area (Å²) in [6.45, 7) is 3.44. The number of hydrogen-bond acceptors (Lipinski definition) is 6. The van der Waals surface area contributed by atoms with Crippen LogP contribution in [0.25, 0.3) is 22.0 Å². The molecule has 2 aromatic heterocycles. The van der Waals surface area contributed by atoms with Crippen molar-refractivity contribution in [1.82, 2.24) is 9.97 Å². The van der Waals surface area contributed by atoms with Crippen LogP contribution < -0.4 is 16.0 Å². The Morgan fingerprint density at radius 2 is 1.82 bits per heavy atom. The minimum atomic E-state index is -0.358. The third-order valence-electron chi connectivity index (χ3n) is 7.58. The minimum absolute atomic E-state index is 0.0361. The highest BCUT2D eigenvalue weighted by Crippen LogP contribution is 2.39. The fourth-order valence-corrected chi connectivity index (χ4v) is 5.20. The van der Waals surface area contributed by atoms with Crippen molar-refractivity contribution in [3.05, 3.63) is 76.8 Å². The van der Waals surface area contributed by atoms with Gasteiger partial charge in [-0.3, -0.25) is 9.78 Å². The van der Waals surface area contributed by atoms with Gasteiger partial charge in [0.25, 0.3) is 0 Å². The Hall–Kier alpha value is -3.55. The van der Waals surface area contributed by atoms with Crippen LogP contribution in [0.2, 0.25) is 5.02 Å². The summed E-state index contributed by atoms with van der Waals surface area (Å²) < 4.78 is 14.5. The van der Waals surface area contributed by atoms with E-state index in [2.05, 4.69) is 20.2 Å². The summed E-state index contributed by atoms with van der Waals surface area (Å²) in [7, 11) is 0. The Bertz CT molecular complexity index is 1510. The van der Waals surface area contributed by atoms with Gasteiger partial charge in [-0.05, 0) is 80.1 Å². The van der Waals surface area contributed by atoms with Gasteiger partial charge in [-0.1, -0.05) is 17.7 Å². The molecule has 0 atom stereocenters. The quantitative estimate of drug-likeness (QED) is 0.272. The number of anilines is 3. The number of ketones is 1. The van der Waals surface area contributed by atoms with E-state index in [4.69, 9.17) is 17.3 Å². The van der Waals surface area contributed by atoms with Gasteiger partial charge in [-0.2, -0.15) is 0 Å². The van der Waals surface area contributed by atoms with Crippen LogP contribution in [0.5, 0.6) is 0 Å². The van der Waals surface area contributed by atoms with Crippen LogP contribution in [0.1, 0.15) is 41.6 Å². The van der Waals surface area contributed by atoms with Gasteiger partial charge >= 0.3 is 0 Å². The zero-order chi connectivity index (χ0) is 26.4. The average Bonchev–Trinajstić information content (AvgIpc) is 3.78. The number of Topliss-reactive ketones (excluding diaryl/α,β-unsaturated/α-hetero) is 1. The smallest absolute Gasteiger partial charge is 0.169 e. The predicted octanol–water partition coefficient (Wildman–Crippen LogP) is 6.66. The lowest BCUT2D eigenvalue weighted by molar-refractivity contribution is 0.0968.